The van der Waals surface area contributed by atoms with E-state index in [0.717, 1.165) is 36.3 Å². The molecule has 1 N–H and O–H groups in total. The molecule has 0 atom stereocenters. The molecule has 0 saturated carbocycles. The minimum atomic E-state index is 0.355. The van der Waals surface area contributed by atoms with Crippen LogP contribution in [0.25, 0.3) is 0 Å². The zero-order valence-electron chi connectivity index (χ0n) is 12.2. The lowest BCUT2D eigenvalue weighted by atomic mass is 10.1. The summed E-state index contributed by atoms with van der Waals surface area (Å²) in [5.41, 5.74) is 4.21. The minimum absolute atomic E-state index is 0.355. The third kappa shape index (κ3) is 2.09. The third-order valence-electron chi connectivity index (χ3n) is 5.10. The molecule has 2 aliphatic heterocycles. The van der Waals surface area contributed by atoms with Crippen LogP contribution in [0.15, 0.2) is 48.5 Å². The number of nitrogens with zero attached hydrogens (tertiary/aromatic N) is 2. The maximum Gasteiger partial charge on any atom is 0.136 e. The Hall–Kier alpha value is -2.00. The first-order valence-corrected chi connectivity index (χ1v) is 7.75. The molecule has 2 aliphatic rings. The first kappa shape index (κ1) is 12.7. The van der Waals surface area contributed by atoms with Crippen LogP contribution in [0.1, 0.15) is 5.56 Å². The van der Waals surface area contributed by atoms with Crippen LogP contribution in [-0.4, -0.2) is 37.8 Å². The Bertz CT molecular complexity index is 660. The number of aromatic hydroxyl groups is 1. The molecule has 108 valence electrons. The van der Waals surface area contributed by atoms with E-state index in [1.54, 1.807) is 6.07 Å². The molecule has 0 radical (unpaired) electrons. The van der Waals surface area contributed by atoms with Crippen molar-refractivity contribution in [2.45, 2.75) is 6.42 Å². The van der Waals surface area contributed by atoms with Gasteiger partial charge >= 0.3 is 0 Å². The third-order valence-corrected chi connectivity index (χ3v) is 5.10. The van der Waals surface area contributed by atoms with Crippen LogP contribution >= 0.6 is 0 Å². The number of quaternary nitrogens is 1. The molecule has 1 fully saturated rings. The summed E-state index contributed by atoms with van der Waals surface area (Å²) in [7, 11) is 0. The Morgan fingerprint density at radius 1 is 0.905 bits per heavy atom. The highest BCUT2D eigenvalue weighted by molar-refractivity contribution is 5.57. The molecule has 2 heterocycles. The first-order valence-electron chi connectivity index (χ1n) is 7.75. The van der Waals surface area contributed by atoms with Crippen molar-refractivity contribution in [3.63, 3.8) is 0 Å². The number of hydrogen-bond donors (Lipinski definition) is 1. The van der Waals surface area contributed by atoms with Gasteiger partial charge in [-0.25, -0.2) is 0 Å². The van der Waals surface area contributed by atoms with Crippen LogP contribution in [0.4, 0.5) is 11.4 Å². The predicted octanol–water partition coefficient (Wildman–Crippen LogP) is 2.78. The molecule has 21 heavy (non-hydrogen) atoms. The van der Waals surface area contributed by atoms with Crippen LogP contribution in [-0.2, 0) is 6.42 Å². The SMILES string of the molecule is Oc1cccc(N2CC[N+]3(CCc4ccccc43)CC2)c1. The van der Waals surface area contributed by atoms with Gasteiger partial charge in [-0.05, 0) is 18.2 Å². The van der Waals surface area contributed by atoms with Gasteiger partial charge < -0.3 is 10.0 Å². The van der Waals surface area contributed by atoms with Gasteiger partial charge in [-0.1, -0.05) is 24.3 Å². The standard InChI is InChI=1S/C18H20N2O/c21-17-6-3-5-16(14-17)19-9-12-20(13-10-19)11-8-15-4-1-2-7-18(15)20/h1-7,14H,8-13H2/p+1. The lowest BCUT2D eigenvalue weighted by Gasteiger charge is -2.43. The van der Waals surface area contributed by atoms with Gasteiger partial charge in [0, 0.05) is 23.7 Å². The van der Waals surface area contributed by atoms with E-state index in [9.17, 15) is 5.11 Å². The second-order valence-electron chi connectivity index (χ2n) is 6.20. The largest absolute Gasteiger partial charge is 0.508 e. The van der Waals surface area contributed by atoms with Crippen molar-refractivity contribution in [3.8, 4) is 5.75 Å². The number of anilines is 1. The van der Waals surface area contributed by atoms with Crippen molar-refractivity contribution in [1.82, 2.24) is 4.48 Å². The van der Waals surface area contributed by atoms with Gasteiger partial charge in [-0.2, -0.15) is 0 Å². The summed E-state index contributed by atoms with van der Waals surface area (Å²) >= 11 is 0. The predicted molar refractivity (Wildman–Crippen MR) is 86.9 cm³/mol. The van der Waals surface area contributed by atoms with Crippen molar-refractivity contribution in [2.75, 3.05) is 37.6 Å². The molecule has 2 aromatic carbocycles. The van der Waals surface area contributed by atoms with E-state index in [1.807, 2.05) is 12.1 Å². The Morgan fingerprint density at radius 2 is 1.71 bits per heavy atom. The molecule has 0 unspecified atom stereocenters. The molecule has 3 nitrogen and oxygen atoms in total. The first-order chi connectivity index (χ1) is 10.3. The highest BCUT2D eigenvalue weighted by Gasteiger charge is 2.40. The lowest BCUT2D eigenvalue weighted by molar-refractivity contribution is 0.277. The van der Waals surface area contributed by atoms with Gasteiger partial charge in [0.25, 0.3) is 0 Å². The number of hydrogen-bond acceptors (Lipinski definition) is 2. The number of phenolic OH excluding ortho intramolecular Hbond substituents is 1. The van der Waals surface area contributed by atoms with Gasteiger partial charge in [0.05, 0.1) is 19.6 Å². The van der Waals surface area contributed by atoms with Crippen molar-refractivity contribution in [2.24, 2.45) is 0 Å². The Kier molecular flexibility index (Phi) is 2.89. The van der Waals surface area contributed by atoms with Crippen LogP contribution in [0.2, 0.25) is 0 Å². The maximum absolute atomic E-state index is 9.65. The summed E-state index contributed by atoms with van der Waals surface area (Å²) in [6, 6.07) is 16.5. The van der Waals surface area contributed by atoms with Crippen molar-refractivity contribution >= 4 is 11.4 Å². The number of phenols is 1. The summed E-state index contributed by atoms with van der Waals surface area (Å²) in [6.07, 6.45) is 1.21. The van der Waals surface area contributed by atoms with Gasteiger partial charge in [-0.3, -0.25) is 4.48 Å². The molecule has 4 rings (SSSR count). The van der Waals surface area contributed by atoms with Gasteiger partial charge in [0.15, 0.2) is 0 Å². The van der Waals surface area contributed by atoms with Crippen LogP contribution in [0.3, 0.4) is 0 Å². The molecule has 2 aromatic rings. The average Bonchev–Trinajstić information content (AvgIpc) is 2.87. The quantitative estimate of drug-likeness (QED) is 0.813. The molecular formula is C18H21N2O+. The van der Waals surface area contributed by atoms with E-state index in [4.69, 9.17) is 0 Å². The van der Waals surface area contributed by atoms with Crippen LogP contribution in [0, 0.1) is 0 Å². The second kappa shape index (κ2) is 4.78. The van der Waals surface area contributed by atoms with Gasteiger partial charge in [-0.15, -0.1) is 0 Å². The van der Waals surface area contributed by atoms with Gasteiger partial charge in [0.2, 0.25) is 0 Å². The molecule has 0 amide bonds. The van der Waals surface area contributed by atoms with Gasteiger partial charge in [0.1, 0.15) is 24.5 Å². The number of para-hydroxylation sites is 1. The highest BCUT2D eigenvalue weighted by atomic mass is 16.3. The Morgan fingerprint density at radius 3 is 2.52 bits per heavy atom. The smallest absolute Gasteiger partial charge is 0.136 e. The highest BCUT2D eigenvalue weighted by Crippen LogP contribution is 2.36. The number of piperazine rings is 1. The lowest BCUT2D eigenvalue weighted by Crippen LogP contribution is -2.60. The number of rotatable bonds is 1. The maximum atomic E-state index is 9.65. The van der Waals surface area contributed by atoms with E-state index in [0.29, 0.717) is 5.75 Å². The monoisotopic (exact) mass is 281 g/mol. The van der Waals surface area contributed by atoms with E-state index < -0.39 is 0 Å². The van der Waals surface area contributed by atoms with E-state index in [1.165, 1.54) is 24.2 Å². The van der Waals surface area contributed by atoms with Crippen LogP contribution < -0.4 is 9.38 Å². The number of benzene rings is 2. The fraction of sp³-hybridized carbons (Fsp3) is 0.333. The molecule has 0 aliphatic carbocycles. The van der Waals surface area contributed by atoms with Crippen molar-refractivity contribution < 1.29 is 5.11 Å². The normalized spacial score (nSPS) is 19.7. The molecule has 1 saturated heterocycles. The zero-order valence-corrected chi connectivity index (χ0v) is 12.2. The summed E-state index contributed by atoms with van der Waals surface area (Å²) in [4.78, 5) is 2.39. The Balaban J connectivity index is 1.55. The summed E-state index contributed by atoms with van der Waals surface area (Å²) in [5.74, 6) is 0.355. The summed E-state index contributed by atoms with van der Waals surface area (Å²) < 4.78 is 1.14. The topological polar surface area (TPSA) is 23.5 Å². The molecular weight excluding hydrogens is 260 g/mol. The second-order valence-corrected chi connectivity index (χ2v) is 6.20. The molecule has 3 heteroatoms. The fourth-order valence-electron chi connectivity index (χ4n) is 3.90. The minimum Gasteiger partial charge on any atom is -0.508 e. The molecule has 0 aromatic heterocycles. The van der Waals surface area contributed by atoms with E-state index in [-0.39, 0.29) is 0 Å². The molecule has 0 bridgehead atoms. The Labute approximate surface area is 125 Å². The summed E-state index contributed by atoms with van der Waals surface area (Å²) in [5, 5.41) is 9.65. The van der Waals surface area contributed by atoms with Crippen LogP contribution in [0.5, 0.6) is 5.75 Å². The average molecular weight is 281 g/mol. The molecule has 1 spiro atoms. The van der Waals surface area contributed by atoms with E-state index >= 15 is 0 Å². The fourth-order valence-corrected chi connectivity index (χ4v) is 3.90. The summed E-state index contributed by atoms with van der Waals surface area (Å²) in [6.45, 7) is 5.67. The van der Waals surface area contributed by atoms with Crippen molar-refractivity contribution in [3.05, 3.63) is 54.1 Å². The zero-order chi connectivity index (χ0) is 14.3. The van der Waals surface area contributed by atoms with Crippen molar-refractivity contribution in [1.29, 1.82) is 0 Å². The van der Waals surface area contributed by atoms with E-state index in [2.05, 4.69) is 35.2 Å². The number of fused-ring (bicyclic) bond motifs is 2.